The molecule has 0 aliphatic heterocycles. The van der Waals surface area contributed by atoms with Gasteiger partial charge < -0.3 is 15.2 Å². The zero-order valence-electron chi connectivity index (χ0n) is 12.0. The van der Waals surface area contributed by atoms with Crippen LogP contribution in [0.15, 0.2) is 48.8 Å². The van der Waals surface area contributed by atoms with Crippen LogP contribution in [0.2, 0.25) is 0 Å². The zero-order chi connectivity index (χ0) is 15.9. The Balaban J connectivity index is 2.10. The highest BCUT2D eigenvalue weighted by Gasteiger charge is 2.21. The second-order valence-electron chi connectivity index (χ2n) is 4.66. The van der Waals surface area contributed by atoms with Crippen molar-refractivity contribution in [3.63, 3.8) is 0 Å². The summed E-state index contributed by atoms with van der Waals surface area (Å²) in [7, 11) is 1.54. The highest BCUT2D eigenvalue weighted by Crippen LogP contribution is 2.14. The predicted molar refractivity (Wildman–Crippen MR) is 79.8 cm³/mol. The first-order valence-electron chi connectivity index (χ1n) is 6.67. The number of pyridine rings is 1. The van der Waals surface area contributed by atoms with Crippen LogP contribution in [-0.4, -0.2) is 35.1 Å². The molecule has 1 atom stereocenters. The number of amides is 1. The van der Waals surface area contributed by atoms with Crippen molar-refractivity contribution >= 4 is 11.9 Å². The van der Waals surface area contributed by atoms with E-state index < -0.39 is 17.9 Å². The number of carboxylic acid groups (broad SMARTS) is 1. The highest BCUT2D eigenvalue weighted by atomic mass is 16.5. The van der Waals surface area contributed by atoms with E-state index in [0.29, 0.717) is 11.3 Å². The van der Waals surface area contributed by atoms with E-state index in [1.54, 1.807) is 31.4 Å². The second-order valence-corrected chi connectivity index (χ2v) is 4.66. The maximum atomic E-state index is 12.0. The van der Waals surface area contributed by atoms with E-state index in [1.165, 1.54) is 24.5 Å². The highest BCUT2D eigenvalue weighted by molar-refractivity contribution is 5.96. The van der Waals surface area contributed by atoms with Gasteiger partial charge in [-0.1, -0.05) is 12.1 Å². The van der Waals surface area contributed by atoms with Crippen molar-refractivity contribution in [2.75, 3.05) is 7.11 Å². The van der Waals surface area contributed by atoms with Crippen molar-refractivity contribution < 1.29 is 19.4 Å². The van der Waals surface area contributed by atoms with Gasteiger partial charge in [0.15, 0.2) is 0 Å². The Labute approximate surface area is 127 Å². The third-order valence-corrected chi connectivity index (χ3v) is 3.12. The lowest BCUT2D eigenvalue weighted by molar-refractivity contribution is -0.139. The van der Waals surface area contributed by atoms with Crippen LogP contribution in [0.5, 0.6) is 5.75 Å². The smallest absolute Gasteiger partial charge is 0.326 e. The van der Waals surface area contributed by atoms with Gasteiger partial charge in [-0.05, 0) is 29.8 Å². The molecule has 0 aliphatic rings. The summed E-state index contributed by atoms with van der Waals surface area (Å²) >= 11 is 0. The van der Waals surface area contributed by atoms with Gasteiger partial charge in [0.2, 0.25) is 0 Å². The van der Waals surface area contributed by atoms with Gasteiger partial charge in [-0.2, -0.15) is 0 Å². The van der Waals surface area contributed by atoms with E-state index in [0.717, 1.165) is 5.56 Å². The van der Waals surface area contributed by atoms with E-state index in [2.05, 4.69) is 10.3 Å². The molecule has 0 aliphatic carbocycles. The van der Waals surface area contributed by atoms with Crippen molar-refractivity contribution in [3.05, 3.63) is 59.9 Å². The average Bonchev–Trinajstić information content (AvgIpc) is 2.55. The number of carboxylic acids is 1. The first-order valence-corrected chi connectivity index (χ1v) is 6.67. The van der Waals surface area contributed by atoms with Crippen LogP contribution in [0.1, 0.15) is 15.9 Å². The van der Waals surface area contributed by atoms with E-state index in [4.69, 9.17) is 4.74 Å². The number of ether oxygens (including phenoxy) is 1. The number of nitrogens with one attached hydrogen (secondary N) is 1. The molecule has 1 amide bonds. The number of nitrogens with zero attached hydrogens (tertiary/aromatic N) is 1. The van der Waals surface area contributed by atoms with Crippen LogP contribution in [0.3, 0.4) is 0 Å². The number of methoxy groups -OCH3 is 1. The molecule has 0 fully saturated rings. The fraction of sp³-hybridized carbons (Fsp3) is 0.188. The summed E-state index contributed by atoms with van der Waals surface area (Å²) in [4.78, 5) is 27.2. The lowest BCUT2D eigenvalue weighted by atomic mass is 10.1. The fourth-order valence-corrected chi connectivity index (χ4v) is 1.98. The number of hydrogen-bond donors (Lipinski definition) is 2. The summed E-state index contributed by atoms with van der Waals surface area (Å²) in [6.07, 6.45) is 3.13. The zero-order valence-corrected chi connectivity index (χ0v) is 12.0. The molecule has 1 aromatic carbocycles. The van der Waals surface area contributed by atoms with E-state index in [1.807, 2.05) is 0 Å². The molecule has 0 radical (unpaired) electrons. The second kappa shape index (κ2) is 7.21. The molecule has 2 rings (SSSR count). The Kier molecular flexibility index (Phi) is 5.08. The minimum Gasteiger partial charge on any atom is -0.497 e. The van der Waals surface area contributed by atoms with E-state index in [-0.39, 0.29) is 6.42 Å². The lowest BCUT2D eigenvalue weighted by Gasteiger charge is -2.15. The summed E-state index contributed by atoms with van der Waals surface area (Å²) in [5.74, 6) is -0.898. The van der Waals surface area contributed by atoms with Crippen molar-refractivity contribution in [1.29, 1.82) is 0 Å². The topological polar surface area (TPSA) is 88.5 Å². The summed E-state index contributed by atoms with van der Waals surface area (Å²) in [6, 6.07) is 9.12. The molecule has 0 saturated heterocycles. The number of aliphatic carboxylic acids is 1. The molecule has 1 aromatic heterocycles. The largest absolute Gasteiger partial charge is 0.497 e. The molecule has 2 N–H and O–H groups in total. The maximum absolute atomic E-state index is 12.0. The molecular weight excluding hydrogens is 284 g/mol. The minimum absolute atomic E-state index is 0.170. The number of rotatable bonds is 6. The summed E-state index contributed by atoms with van der Waals surface area (Å²) in [5, 5.41) is 11.8. The Morgan fingerprint density at radius 1 is 1.27 bits per heavy atom. The summed E-state index contributed by atoms with van der Waals surface area (Å²) in [5.41, 5.74) is 1.13. The molecule has 6 nitrogen and oxygen atoms in total. The first kappa shape index (κ1) is 15.5. The van der Waals surface area contributed by atoms with Crippen molar-refractivity contribution in [2.45, 2.75) is 12.5 Å². The average molecular weight is 300 g/mol. The van der Waals surface area contributed by atoms with Crippen LogP contribution in [0.25, 0.3) is 0 Å². The van der Waals surface area contributed by atoms with Crippen molar-refractivity contribution in [3.8, 4) is 5.75 Å². The van der Waals surface area contributed by atoms with Gasteiger partial charge in [0, 0.05) is 24.4 Å². The van der Waals surface area contributed by atoms with Crippen LogP contribution in [-0.2, 0) is 11.2 Å². The number of benzene rings is 1. The van der Waals surface area contributed by atoms with Crippen LogP contribution in [0, 0.1) is 0 Å². The third kappa shape index (κ3) is 4.05. The Morgan fingerprint density at radius 3 is 2.64 bits per heavy atom. The van der Waals surface area contributed by atoms with Crippen molar-refractivity contribution in [1.82, 2.24) is 10.3 Å². The number of carbonyl (C=O) groups excluding carboxylic acids is 1. The normalized spacial score (nSPS) is 11.5. The quantitative estimate of drug-likeness (QED) is 0.844. The van der Waals surface area contributed by atoms with Gasteiger partial charge in [0.25, 0.3) is 5.91 Å². The monoisotopic (exact) mass is 300 g/mol. The molecule has 0 spiro atoms. The van der Waals surface area contributed by atoms with Gasteiger partial charge in [0.05, 0.1) is 7.11 Å². The van der Waals surface area contributed by atoms with E-state index >= 15 is 0 Å². The molecule has 1 heterocycles. The van der Waals surface area contributed by atoms with Crippen LogP contribution in [0.4, 0.5) is 0 Å². The fourth-order valence-electron chi connectivity index (χ4n) is 1.98. The van der Waals surface area contributed by atoms with Crippen LogP contribution < -0.4 is 10.1 Å². The Morgan fingerprint density at radius 2 is 2.00 bits per heavy atom. The number of carbonyl (C=O) groups is 2. The molecule has 2 aromatic rings. The Hall–Kier alpha value is -2.89. The van der Waals surface area contributed by atoms with Crippen molar-refractivity contribution in [2.24, 2.45) is 0 Å². The molecule has 0 saturated carbocycles. The summed E-state index contributed by atoms with van der Waals surface area (Å²) < 4.78 is 5.11. The van der Waals surface area contributed by atoms with Gasteiger partial charge in [-0.3, -0.25) is 9.78 Å². The van der Waals surface area contributed by atoms with Crippen LogP contribution >= 0.6 is 0 Å². The summed E-state index contributed by atoms with van der Waals surface area (Å²) in [6.45, 7) is 0. The van der Waals surface area contributed by atoms with Gasteiger partial charge in [-0.15, -0.1) is 0 Å². The third-order valence-electron chi connectivity index (χ3n) is 3.12. The molecule has 114 valence electrons. The molecule has 6 heteroatoms. The molecule has 0 bridgehead atoms. The Bertz CT molecular complexity index is 658. The van der Waals surface area contributed by atoms with Gasteiger partial charge in [-0.25, -0.2) is 4.79 Å². The molecular formula is C16H16N2O4. The SMILES string of the molecule is COc1cccc(C[C@@H](NC(=O)c2ccncc2)C(=O)O)c1. The lowest BCUT2D eigenvalue weighted by Crippen LogP contribution is -2.42. The molecule has 22 heavy (non-hydrogen) atoms. The number of aromatic nitrogens is 1. The van der Waals surface area contributed by atoms with Gasteiger partial charge >= 0.3 is 5.97 Å². The molecule has 0 unspecified atom stereocenters. The number of hydrogen-bond acceptors (Lipinski definition) is 4. The minimum atomic E-state index is -1.09. The van der Waals surface area contributed by atoms with E-state index in [9.17, 15) is 14.7 Å². The maximum Gasteiger partial charge on any atom is 0.326 e. The predicted octanol–water partition coefficient (Wildman–Crippen LogP) is 1.52. The standard InChI is InChI=1S/C16H16N2O4/c1-22-13-4-2-3-11(9-13)10-14(16(20)21)18-15(19)12-5-7-17-8-6-12/h2-9,14H,10H2,1H3,(H,18,19)(H,20,21)/t14-/m1/s1. The first-order chi connectivity index (χ1) is 10.6. The van der Waals surface area contributed by atoms with Gasteiger partial charge in [0.1, 0.15) is 11.8 Å².